The molecule has 3 unspecified atom stereocenters. The molecule has 1 aliphatic carbocycles. The van der Waals surface area contributed by atoms with Gasteiger partial charge in [-0.25, -0.2) is 0 Å². The summed E-state index contributed by atoms with van der Waals surface area (Å²) in [6.45, 7) is 2.19. The molecular weight excluding hydrogens is 126 g/mol. The lowest BCUT2D eigenvalue weighted by Gasteiger charge is -2.28. The molecule has 0 aromatic carbocycles. The fraction of sp³-hybridized carbons (Fsp3) is 1.00. The molecule has 1 saturated carbocycles. The number of nitrogens with one attached hydrogen (secondary N) is 1. The predicted octanol–water partition coefficient (Wildman–Crippen LogP) is 0.367. The maximum absolute atomic E-state index is 9.54. The van der Waals surface area contributed by atoms with E-state index in [4.69, 9.17) is 0 Å². The molecule has 2 rings (SSSR count). The molecule has 2 nitrogen and oxygen atoms in total. The van der Waals surface area contributed by atoms with Crippen molar-refractivity contribution in [1.29, 1.82) is 0 Å². The van der Waals surface area contributed by atoms with E-state index in [9.17, 15) is 5.11 Å². The Bertz CT molecular complexity index is 126. The smallest absolute Gasteiger partial charge is 0.0583 e. The minimum atomic E-state index is -0.00579. The van der Waals surface area contributed by atoms with Gasteiger partial charge in [0.1, 0.15) is 0 Å². The average Bonchev–Trinajstić information content (AvgIpc) is 2.36. The largest absolute Gasteiger partial charge is 0.393 e. The fourth-order valence-electron chi connectivity index (χ4n) is 2.32. The van der Waals surface area contributed by atoms with Gasteiger partial charge in [0, 0.05) is 12.5 Å². The summed E-state index contributed by atoms with van der Waals surface area (Å²) in [5.41, 5.74) is 0. The van der Waals surface area contributed by atoms with Crippen LogP contribution in [0.25, 0.3) is 0 Å². The summed E-state index contributed by atoms with van der Waals surface area (Å²) in [6.07, 6.45) is 3.58. The first kappa shape index (κ1) is 6.62. The van der Waals surface area contributed by atoms with Crippen LogP contribution in [0.1, 0.15) is 19.3 Å². The van der Waals surface area contributed by atoms with Gasteiger partial charge in [0.25, 0.3) is 0 Å². The van der Waals surface area contributed by atoms with Gasteiger partial charge >= 0.3 is 0 Å². The van der Waals surface area contributed by atoms with Crippen LogP contribution in [0, 0.1) is 11.8 Å². The van der Waals surface area contributed by atoms with E-state index in [1.54, 1.807) is 0 Å². The van der Waals surface area contributed by atoms with Gasteiger partial charge in [-0.3, -0.25) is 0 Å². The molecule has 1 aliphatic heterocycles. The molecule has 0 radical (unpaired) electrons. The van der Waals surface area contributed by atoms with E-state index < -0.39 is 0 Å². The number of hydrogen-bond acceptors (Lipinski definition) is 2. The molecule has 2 aliphatic rings. The molecule has 3 atom stereocenters. The summed E-state index contributed by atoms with van der Waals surface area (Å²) in [7, 11) is 0. The van der Waals surface area contributed by atoms with Gasteiger partial charge in [-0.15, -0.1) is 0 Å². The number of fused-ring (bicyclic) bond motifs is 1. The Balaban J connectivity index is 2.03. The normalized spacial score (nSPS) is 47.1. The van der Waals surface area contributed by atoms with Crippen LogP contribution in [0.2, 0.25) is 0 Å². The predicted molar refractivity (Wildman–Crippen MR) is 39.7 cm³/mol. The number of aliphatic hydroxyl groups is 1. The van der Waals surface area contributed by atoms with Crippen molar-refractivity contribution in [3.63, 3.8) is 0 Å². The first-order chi connectivity index (χ1) is 4.88. The van der Waals surface area contributed by atoms with Gasteiger partial charge < -0.3 is 10.4 Å². The Morgan fingerprint density at radius 1 is 1.20 bits per heavy atom. The van der Waals surface area contributed by atoms with Crippen LogP contribution in [0.5, 0.6) is 0 Å². The van der Waals surface area contributed by atoms with Crippen molar-refractivity contribution in [2.24, 2.45) is 11.8 Å². The van der Waals surface area contributed by atoms with E-state index in [0.717, 1.165) is 25.4 Å². The van der Waals surface area contributed by atoms with Crippen molar-refractivity contribution in [1.82, 2.24) is 5.32 Å². The Morgan fingerprint density at radius 3 is 2.90 bits per heavy atom. The van der Waals surface area contributed by atoms with Gasteiger partial charge in [0.2, 0.25) is 0 Å². The van der Waals surface area contributed by atoms with Gasteiger partial charge in [-0.05, 0) is 25.3 Å². The third kappa shape index (κ3) is 0.956. The second-order valence-corrected chi connectivity index (χ2v) is 3.58. The first-order valence-corrected chi connectivity index (χ1v) is 4.26. The molecule has 2 heteroatoms. The quantitative estimate of drug-likeness (QED) is 0.510. The highest BCUT2D eigenvalue weighted by Crippen LogP contribution is 2.32. The van der Waals surface area contributed by atoms with Crippen LogP contribution in [0.4, 0.5) is 0 Å². The molecule has 1 heterocycles. The Labute approximate surface area is 61.6 Å². The van der Waals surface area contributed by atoms with Crippen molar-refractivity contribution in [2.45, 2.75) is 25.4 Å². The molecule has 0 spiro atoms. The molecule has 0 bridgehead atoms. The lowest BCUT2D eigenvalue weighted by Crippen LogP contribution is -2.31. The Kier molecular flexibility index (Phi) is 1.66. The van der Waals surface area contributed by atoms with Crippen LogP contribution in [0.15, 0.2) is 0 Å². The highest BCUT2D eigenvalue weighted by Gasteiger charge is 2.35. The van der Waals surface area contributed by atoms with Gasteiger partial charge in [0.05, 0.1) is 6.10 Å². The highest BCUT2D eigenvalue weighted by molar-refractivity contribution is 4.89. The maximum Gasteiger partial charge on any atom is 0.0583 e. The summed E-state index contributed by atoms with van der Waals surface area (Å²) in [5, 5.41) is 12.9. The molecule has 58 valence electrons. The van der Waals surface area contributed by atoms with E-state index in [1.807, 2.05) is 0 Å². The van der Waals surface area contributed by atoms with Crippen LogP contribution in [0.3, 0.4) is 0 Å². The molecule has 10 heavy (non-hydrogen) atoms. The summed E-state index contributed by atoms with van der Waals surface area (Å²) in [6, 6.07) is 0. The van der Waals surface area contributed by atoms with Crippen LogP contribution < -0.4 is 5.32 Å². The van der Waals surface area contributed by atoms with Crippen molar-refractivity contribution in [3.8, 4) is 0 Å². The third-order valence-corrected chi connectivity index (χ3v) is 2.96. The van der Waals surface area contributed by atoms with E-state index >= 15 is 0 Å². The molecule has 0 aromatic heterocycles. The fourth-order valence-corrected chi connectivity index (χ4v) is 2.32. The minimum absolute atomic E-state index is 0.00579. The van der Waals surface area contributed by atoms with Gasteiger partial charge in [0.15, 0.2) is 0 Å². The van der Waals surface area contributed by atoms with Crippen molar-refractivity contribution >= 4 is 0 Å². The Morgan fingerprint density at radius 2 is 2.10 bits per heavy atom. The monoisotopic (exact) mass is 141 g/mol. The summed E-state index contributed by atoms with van der Waals surface area (Å²) in [4.78, 5) is 0. The molecule has 0 amide bonds. The Hall–Kier alpha value is -0.0800. The zero-order valence-corrected chi connectivity index (χ0v) is 6.21. The van der Waals surface area contributed by atoms with Crippen LogP contribution in [-0.2, 0) is 0 Å². The number of rotatable bonds is 0. The molecule has 2 N–H and O–H groups in total. The summed E-state index contributed by atoms with van der Waals surface area (Å²) >= 11 is 0. The van der Waals surface area contributed by atoms with Crippen LogP contribution >= 0.6 is 0 Å². The second kappa shape index (κ2) is 2.51. The maximum atomic E-state index is 9.54. The van der Waals surface area contributed by atoms with Gasteiger partial charge in [-0.1, -0.05) is 6.42 Å². The first-order valence-electron chi connectivity index (χ1n) is 4.26. The lowest BCUT2D eigenvalue weighted by atomic mass is 9.80. The van der Waals surface area contributed by atoms with E-state index in [1.165, 1.54) is 12.8 Å². The zero-order chi connectivity index (χ0) is 6.97. The number of aliphatic hydroxyl groups excluding tert-OH is 1. The molecule has 1 saturated heterocycles. The van der Waals surface area contributed by atoms with E-state index in [-0.39, 0.29) is 6.10 Å². The molecule has 0 aromatic rings. The van der Waals surface area contributed by atoms with E-state index in [2.05, 4.69) is 5.32 Å². The van der Waals surface area contributed by atoms with Gasteiger partial charge in [-0.2, -0.15) is 0 Å². The summed E-state index contributed by atoms with van der Waals surface area (Å²) < 4.78 is 0. The average molecular weight is 141 g/mol. The number of hydrogen-bond donors (Lipinski definition) is 2. The van der Waals surface area contributed by atoms with Crippen LogP contribution in [-0.4, -0.2) is 24.3 Å². The standard InChI is InChI=1S/C8H15NO/c10-8-3-1-2-6-4-9-5-7(6)8/h6-10H,1-5H2. The SMILES string of the molecule is OC1CCCC2CNCC12. The topological polar surface area (TPSA) is 32.3 Å². The van der Waals surface area contributed by atoms with Crippen molar-refractivity contribution in [2.75, 3.05) is 13.1 Å². The third-order valence-electron chi connectivity index (χ3n) is 2.96. The summed E-state index contributed by atoms with van der Waals surface area (Å²) in [5.74, 6) is 1.36. The lowest BCUT2D eigenvalue weighted by molar-refractivity contribution is 0.0563. The van der Waals surface area contributed by atoms with E-state index in [0.29, 0.717) is 5.92 Å². The molecule has 2 fully saturated rings. The second-order valence-electron chi connectivity index (χ2n) is 3.58. The van der Waals surface area contributed by atoms with Crippen molar-refractivity contribution in [3.05, 3.63) is 0 Å². The minimum Gasteiger partial charge on any atom is -0.393 e. The highest BCUT2D eigenvalue weighted by atomic mass is 16.3. The zero-order valence-electron chi connectivity index (χ0n) is 6.21. The van der Waals surface area contributed by atoms with Crippen molar-refractivity contribution < 1.29 is 5.11 Å². The molecular formula is C8H15NO.